The molecule has 0 aliphatic heterocycles. The van der Waals surface area contributed by atoms with Gasteiger partial charge in [0.15, 0.2) is 5.76 Å². The molecule has 2 aromatic heterocycles. The summed E-state index contributed by atoms with van der Waals surface area (Å²) in [6, 6.07) is 4.23. The molecule has 0 radical (unpaired) electrons. The minimum atomic E-state index is 0.175. The summed E-state index contributed by atoms with van der Waals surface area (Å²) in [6.07, 6.45) is 2.91. The van der Waals surface area contributed by atoms with E-state index in [1.807, 2.05) is 17.5 Å². The highest BCUT2D eigenvalue weighted by molar-refractivity contribution is 7.13. The van der Waals surface area contributed by atoms with Crippen LogP contribution in [0.3, 0.4) is 0 Å². The van der Waals surface area contributed by atoms with E-state index in [1.165, 1.54) is 0 Å². The Labute approximate surface area is 99.5 Å². The van der Waals surface area contributed by atoms with Crippen molar-refractivity contribution in [2.75, 3.05) is 6.54 Å². The lowest BCUT2D eigenvalue weighted by Crippen LogP contribution is -2.19. The fraction of sp³-hybridized carbons (Fsp3) is 0.417. The summed E-state index contributed by atoms with van der Waals surface area (Å²) >= 11 is 1.66. The number of nitrogens with one attached hydrogen (secondary N) is 1. The molecule has 0 aromatic carbocycles. The molecule has 0 amide bonds. The minimum Gasteiger partial charge on any atom is -0.438 e. The van der Waals surface area contributed by atoms with Crippen LogP contribution in [-0.2, 0) is 0 Å². The van der Waals surface area contributed by atoms with Crippen molar-refractivity contribution in [3.63, 3.8) is 0 Å². The molecular weight excluding hydrogens is 220 g/mol. The normalized spacial score (nSPS) is 12.9. The molecule has 16 heavy (non-hydrogen) atoms. The maximum Gasteiger partial charge on any atom is 0.211 e. The largest absolute Gasteiger partial charge is 0.438 e. The maximum atomic E-state index is 5.72. The molecule has 0 saturated heterocycles. The maximum absolute atomic E-state index is 5.72. The summed E-state index contributed by atoms with van der Waals surface area (Å²) < 4.78 is 5.72. The van der Waals surface area contributed by atoms with Gasteiger partial charge in [-0.15, -0.1) is 11.3 Å². The molecule has 1 unspecified atom stereocenters. The van der Waals surface area contributed by atoms with E-state index in [0.717, 1.165) is 29.5 Å². The highest BCUT2D eigenvalue weighted by atomic mass is 32.1. The van der Waals surface area contributed by atoms with Crippen molar-refractivity contribution in [3.8, 4) is 10.6 Å². The van der Waals surface area contributed by atoms with Gasteiger partial charge >= 0.3 is 0 Å². The van der Waals surface area contributed by atoms with E-state index in [1.54, 1.807) is 17.5 Å². The van der Waals surface area contributed by atoms with Crippen molar-refractivity contribution in [2.24, 2.45) is 0 Å². The number of thiophene rings is 1. The van der Waals surface area contributed by atoms with Gasteiger partial charge in [0.1, 0.15) is 0 Å². The van der Waals surface area contributed by atoms with Gasteiger partial charge in [-0.05, 0) is 31.3 Å². The second-order valence-electron chi connectivity index (χ2n) is 3.72. The van der Waals surface area contributed by atoms with Gasteiger partial charge in [-0.1, -0.05) is 13.0 Å². The third kappa shape index (κ3) is 2.51. The zero-order valence-electron chi connectivity index (χ0n) is 9.56. The lowest BCUT2D eigenvalue weighted by atomic mass is 10.3. The fourth-order valence-electron chi connectivity index (χ4n) is 1.47. The Morgan fingerprint density at radius 2 is 2.44 bits per heavy atom. The van der Waals surface area contributed by atoms with Gasteiger partial charge < -0.3 is 9.73 Å². The molecule has 0 saturated carbocycles. The lowest BCUT2D eigenvalue weighted by Gasteiger charge is -2.08. The van der Waals surface area contributed by atoms with Crippen LogP contribution in [0.15, 0.2) is 28.1 Å². The summed E-state index contributed by atoms with van der Waals surface area (Å²) in [5.41, 5.74) is 0. The summed E-state index contributed by atoms with van der Waals surface area (Å²) in [5.74, 6) is 1.62. The molecule has 2 heterocycles. The molecule has 4 heteroatoms. The average Bonchev–Trinajstić information content (AvgIpc) is 2.94. The summed E-state index contributed by atoms with van der Waals surface area (Å²) in [7, 11) is 0. The second kappa shape index (κ2) is 5.27. The van der Waals surface area contributed by atoms with Gasteiger partial charge in [0.05, 0.1) is 17.1 Å². The van der Waals surface area contributed by atoms with Crippen molar-refractivity contribution >= 4 is 11.3 Å². The molecule has 2 rings (SSSR count). The molecule has 1 atom stereocenters. The topological polar surface area (TPSA) is 38.1 Å². The second-order valence-corrected chi connectivity index (χ2v) is 4.66. The van der Waals surface area contributed by atoms with E-state index < -0.39 is 0 Å². The molecule has 0 bridgehead atoms. The van der Waals surface area contributed by atoms with Crippen LogP contribution in [0.25, 0.3) is 10.6 Å². The first-order valence-corrected chi connectivity index (χ1v) is 6.42. The third-order valence-corrected chi connectivity index (χ3v) is 3.24. The Bertz CT molecular complexity index is 422. The Hall–Kier alpha value is -1.13. The number of rotatable bonds is 5. The Kier molecular flexibility index (Phi) is 3.74. The Morgan fingerprint density at radius 3 is 3.12 bits per heavy atom. The summed E-state index contributed by atoms with van der Waals surface area (Å²) in [4.78, 5) is 5.43. The van der Waals surface area contributed by atoms with Crippen LogP contribution in [0.5, 0.6) is 0 Å². The molecule has 2 aromatic rings. The van der Waals surface area contributed by atoms with Crippen molar-refractivity contribution in [1.82, 2.24) is 10.3 Å². The molecule has 3 nitrogen and oxygen atoms in total. The van der Waals surface area contributed by atoms with Gasteiger partial charge in [-0.3, -0.25) is 0 Å². The monoisotopic (exact) mass is 236 g/mol. The highest BCUT2D eigenvalue weighted by Crippen LogP contribution is 2.26. The fourth-order valence-corrected chi connectivity index (χ4v) is 2.14. The van der Waals surface area contributed by atoms with Crippen LogP contribution >= 0.6 is 11.3 Å². The predicted molar refractivity (Wildman–Crippen MR) is 66.5 cm³/mol. The van der Waals surface area contributed by atoms with E-state index in [-0.39, 0.29) is 6.04 Å². The van der Waals surface area contributed by atoms with E-state index >= 15 is 0 Å². The zero-order valence-corrected chi connectivity index (χ0v) is 10.4. The number of nitrogens with zero attached hydrogens (tertiary/aromatic N) is 1. The van der Waals surface area contributed by atoms with E-state index in [4.69, 9.17) is 4.42 Å². The number of hydrogen-bond donors (Lipinski definition) is 1. The first-order valence-electron chi connectivity index (χ1n) is 5.54. The number of aromatic nitrogens is 1. The Morgan fingerprint density at radius 1 is 1.56 bits per heavy atom. The van der Waals surface area contributed by atoms with Crippen molar-refractivity contribution < 1.29 is 4.42 Å². The highest BCUT2D eigenvalue weighted by Gasteiger charge is 2.12. The van der Waals surface area contributed by atoms with Crippen LogP contribution < -0.4 is 5.32 Å². The van der Waals surface area contributed by atoms with Crippen LogP contribution in [0, 0.1) is 0 Å². The van der Waals surface area contributed by atoms with E-state index in [9.17, 15) is 0 Å². The first-order chi connectivity index (χ1) is 7.81. The number of hydrogen-bond acceptors (Lipinski definition) is 4. The smallest absolute Gasteiger partial charge is 0.211 e. The molecular formula is C12H16N2OS. The molecule has 1 N–H and O–H groups in total. The lowest BCUT2D eigenvalue weighted by molar-refractivity contribution is 0.423. The van der Waals surface area contributed by atoms with Crippen LogP contribution in [0.4, 0.5) is 0 Å². The molecule has 0 spiro atoms. The quantitative estimate of drug-likeness (QED) is 0.864. The average molecular weight is 236 g/mol. The van der Waals surface area contributed by atoms with Gasteiger partial charge in [0.25, 0.3) is 0 Å². The molecule has 0 aliphatic carbocycles. The van der Waals surface area contributed by atoms with Crippen molar-refractivity contribution in [1.29, 1.82) is 0 Å². The molecule has 0 fully saturated rings. The zero-order chi connectivity index (χ0) is 11.4. The Balaban J connectivity index is 2.07. The van der Waals surface area contributed by atoms with E-state index in [2.05, 4.69) is 24.1 Å². The predicted octanol–water partition coefficient (Wildman–Crippen LogP) is 3.46. The number of oxazole rings is 1. The van der Waals surface area contributed by atoms with Crippen molar-refractivity contribution in [3.05, 3.63) is 29.6 Å². The van der Waals surface area contributed by atoms with Crippen molar-refractivity contribution in [2.45, 2.75) is 26.3 Å². The van der Waals surface area contributed by atoms with Gasteiger partial charge in [0, 0.05) is 0 Å². The minimum absolute atomic E-state index is 0.175. The first kappa shape index (κ1) is 11.4. The third-order valence-electron chi connectivity index (χ3n) is 2.36. The van der Waals surface area contributed by atoms with Gasteiger partial charge in [0.2, 0.25) is 5.89 Å². The van der Waals surface area contributed by atoms with E-state index in [0.29, 0.717) is 0 Å². The van der Waals surface area contributed by atoms with Crippen LogP contribution in [0.2, 0.25) is 0 Å². The van der Waals surface area contributed by atoms with Crippen LogP contribution in [-0.4, -0.2) is 11.5 Å². The molecule has 0 aliphatic rings. The molecule has 86 valence electrons. The standard InChI is InChI=1S/C12H16N2OS/c1-3-6-13-9(2)12-14-8-10(15-12)11-5-4-7-16-11/h4-5,7-9,13H,3,6H2,1-2H3. The summed E-state index contributed by atoms with van der Waals surface area (Å²) in [5, 5.41) is 5.39. The summed E-state index contributed by atoms with van der Waals surface area (Å²) in [6.45, 7) is 5.20. The van der Waals surface area contributed by atoms with Gasteiger partial charge in [-0.25, -0.2) is 4.98 Å². The van der Waals surface area contributed by atoms with Crippen LogP contribution in [0.1, 0.15) is 32.2 Å². The SMILES string of the molecule is CCCNC(C)c1ncc(-c2cccs2)o1. The van der Waals surface area contributed by atoms with Gasteiger partial charge in [-0.2, -0.15) is 0 Å².